The molecular weight excluding hydrogens is 392 g/mol. The number of hydrogen-bond acceptors (Lipinski definition) is 4. The van der Waals surface area contributed by atoms with Crippen LogP contribution < -0.4 is 0 Å². The normalized spacial score (nSPS) is 10.7. The maximum atomic E-state index is 11.3. The number of benzene rings is 2. The van der Waals surface area contributed by atoms with Gasteiger partial charge in [0.25, 0.3) is 20.2 Å². The van der Waals surface area contributed by atoms with Gasteiger partial charge in [-0.25, -0.2) is 0 Å². The van der Waals surface area contributed by atoms with Gasteiger partial charge in [0.1, 0.15) is 9.79 Å². The van der Waals surface area contributed by atoms with Crippen molar-refractivity contribution in [3.8, 4) is 0 Å². The van der Waals surface area contributed by atoms with Crippen LogP contribution in [0.1, 0.15) is 11.1 Å². The summed E-state index contributed by atoms with van der Waals surface area (Å²) >= 11 is 0. The van der Waals surface area contributed by atoms with Crippen molar-refractivity contribution in [1.82, 2.24) is 0 Å². The van der Waals surface area contributed by atoms with E-state index >= 15 is 0 Å². The van der Waals surface area contributed by atoms with Gasteiger partial charge in [0.15, 0.2) is 0 Å². The second kappa shape index (κ2) is 10.7. The summed E-state index contributed by atoms with van der Waals surface area (Å²) in [6, 6.07) is 11.4. The Kier molecular flexibility index (Phi) is 11.8. The molecule has 0 aliphatic heterocycles. The van der Waals surface area contributed by atoms with Gasteiger partial charge < -0.3 is 21.9 Å². The molecule has 0 bridgehead atoms. The van der Waals surface area contributed by atoms with E-state index in [1.807, 2.05) is 0 Å². The highest BCUT2D eigenvalue weighted by Crippen LogP contribution is 2.21. The first-order chi connectivity index (χ1) is 10.2. The van der Waals surface area contributed by atoms with Crippen molar-refractivity contribution < 1.29 is 47.8 Å². The third-order valence-corrected chi connectivity index (χ3v) is 4.69. The summed E-state index contributed by atoms with van der Waals surface area (Å²) in [5.41, 5.74) is 0.380. The van der Waals surface area contributed by atoms with Crippen LogP contribution in [0.15, 0.2) is 58.3 Å². The van der Waals surface area contributed by atoms with E-state index in [4.69, 9.17) is 9.11 Å². The van der Waals surface area contributed by atoms with Crippen LogP contribution in [0.4, 0.5) is 0 Å². The predicted octanol–water partition coefficient (Wildman–Crippen LogP) is -0.948. The van der Waals surface area contributed by atoms with E-state index in [0.717, 1.165) is 0 Å². The molecule has 0 radical (unpaired) electrons. The fraction of sp³-hybridized carbons (Fsp3) is 0. The summed E-state index contributed by atoms with van der Waals surface area (Å²) in [7, 11) is -8.79. The number of rotatable bonds is 4. The van der Waals surface area contributed by atoms with Gasteiger partial charge in [-0.05, 0) is 23.3 Å². The van der Waals surface area contributed by atoms with Crippen LogP contribution in [0.3, 0.4) is 0 Å². The topological polar surface area (TPSA) is 235 Å². The number of hydrogen-bond donors (Lipinski definition) is 2. The largest absolute Gasteiger partial charge is 0.412 e. The van der Waals surface area contributed by atoms with Crippen LogP contribution in [-0.4, -0.2) is 47.8 Å². The summed E-state index contributed by atoms with van der Waals surface area (Å²) < 4.78 is 63.4. The minimum Gasteiger partial charge on any atom is -0.412 e. The second-order valence-corrected chi connectivity index (χ2v) is 7.14. The lowest BCUT2D eigenvalue weighted by molar-refractivity contribution is 0.480. The lowest BCUT2D eigenvalue weighted by atomic mass is 10.1. The lowest BCUT2D eigenvalue weighted by Gasteiger charge is -2.04. The molecule has 26 heavy (non-hydrogen) atoms. The molecule has 12 heteroatoms. The van der Waals surface area contributed by atoms with Gasteiger partial charge in [-0.15, -0.1) is 0 Å². The molecule has 2 rings (SSSR count). The molecule has 0 fully saturated rings. The van der Waals surface area contributed by atoms with Crippen molar-refractivity contribution in [2.45, 2.75) is 9.79 Å². The Balaban J connectivity index is -0.00000132. The van der Waals surface area contributed by atoms with Gasteiger partial charge >= 0.3 is 0 Å². The molecule has 0 spiro atoms. The Morgan fingerprint density at radius 2 is 0.846 bits per heavy atom. The molecule has 148 valence electrons. The Bertz CT molecular complexity index is 856. The third kappa shape index (κ3) is 6.99. The Morgan fingerprint density at radius 1 is 0.577 bits per heavy atom. The van der Waals surface area contributed by atoms with E-state index in [9.17, 15) is 16.8 Å². The highest BCUT2D eigenvalue weighted by Gasteiger charge is 2.14. The molecule has 2 aromatic carbocycles. The molecule has 0 atom stereocenters. The van der Waals surface area contributed by atoms with Gasteiger partial charge in [-0.1, -0.05) is 48.6 Å². The maximum Gasteiger partial charge on any atom is 0.295 e. The molecule has 10 N–H and O–H groups in total. The van der Waals surface area contributed by atoms with Gasteiger partial charge in [0, 0.05) is 0 Å². The van der Waals surface area contributed by atoms with E-state index < -0.39 is 20.2 Å². The summed E-state index contributed by atoms with van der Waals surface area (Å²) in [6.45, 7) is 0. The first kappa shape index (κ1) is 28.6. The molecule has 0 aliphatic rings. The Morgan fingerprint density at radius 3 is 1.12 bits per heavy atom. The SMILES string of the molecule is O.O.O.O.O=S(=O)(O)c1ccccc1C=Cc1ccccc1S(=O)(=O)O. The van der Waals surface area contributed by atoms with Crippen LogP contribution in [-0.2, 0) is 20.2 Å². The monoisotopic (exact) mass is 412 g/mol. The van der Waals surface area contributed by atoms with E-state index in [0.29, 0.717) is 0 Å². The third-order valence-electron chi connectivity index (χ3n) is 2.84. The van der Waals surface area contributed by atoms with Crippen LogP contribution in [0, 0.1) is 0 Å². The van der Waals surface area contributed by atoms with E-state index in [2.05, 4.69) is 0 Å². The molecule has 0 heterocycles. The second-order valence-electron chi connectivity index (χ2n) is 4.36. The average molecular weight is 412 g/mol. The van der Waals surface area contributed by atoms with Gasteiger partial charge in [-0.2, -0.15) is 16.8 Å². The molecule has 10 nitrogen and oxygen atoms in total. The highest BCUT2D eigenvalue weighted by atomic mass is 32.2. The average Bonchev–Trinajstić information content (AvgIpc) is 2.44. The first-order valence-electron chi connectivity index (χ1n) is 6.01. The van der Waals surface area contributed by atoms with Crippen molar-refractivity contribution >= 4 is 32.4 Å². The van der Waals surface area contributed by atoms with Crippen LogP contribution in [0.2, 0.25) is 0 Å². The first-order valence-corrected chi connectivity index (χ1v) is 8.89. The maximum absolute atomic E-state index is 11.3. The van der Waals surface area contributed by atoms with Crippen LogP contribution >= 0.6 is 0 Å². The van der Waals surface area contributed by atoms with Gasteiger partial charge in [0.2, 0.25) is 0 Å². The fourth-order valence-corrected chi connectivity index (χ4v) is 3.25. The van der Waals surface area contributed by atoms with Crippen molar-refractivity contribution in [2.75, 3.05) is 0 Å². The predicted molar refractivity (Wildman–Crippen MR) is 95.9 cm³/mol. The molecule has 0 amide bonds. The van der Waals surface area contributed by atoms with E-state index in [1.54, 1.807) is 12.1 Å². The zero-order valence-electron chi connectivity index (χ0n) is 13.1. The summed E-state index contributed by atoms with van der Waals surface area (Å²) in [5, 5.41) is 0. The van der Waals surface area contributed by atoms with Crippen LogP contribution in [0.5, 0.6) is 0 Å². The Hall–Kier alpha value is -2.16. The molecular formula is C14H20O10S2. The summed E-state index contributed by atoms with van der Waals surface area (Å²) in [4.78, 5) is -0.592. The minimum absolute atomic E-state index is 0. The zero-order chi connectivity index (χ0) is 16.4. The van der Waals surface area contributed by atoms with Crippen molar-refractivity contribution in [2.24, 2.45) is 0 Å². The molecule has 2 aromatic rings. The van der Waals surface area contributed by atoms with Crippen molar-refractivity contribution in [3.05, 3.63) is 59.7 Å². The molecule has 0 saturated carbocycles. The molecule has 0 unspecified atom stereocenters. The minimum atomic E-state index is -4.40. The van der Waals surface area contributed by atoms with Crippen LogP contribution in [0.25, 0.3) is 12.2 Å². The lowest BCUT2D eigenvalue weighted by Crippen LogP contribution is -2.01. The quantitative estimate of drug-likeness (QED) is 0.473. The molecule has 0 aromatic heterocycles. The van der Waals surface area contributed by atoms with Gasteiger partial charge in [-0.3, -0.25) is 9.11 Å². The van der Waals surface area contributed by atoms with E-state index in [-0.39, 0.29) is 42.8 Å². The Labute approximate surface area is 150 Å². The van der Waals surface area contributed by atoms with Gasteiger partial charge in [0.05, 0.1) is 0 Å². The van der Waals surface area contributed by atoms with Crippen molar-refractivity contribution in [3.63, 3.8) is 0 Å². The molecule has 0 saturated heterocycles. The van der Waals surface area contributed by atoms with E-state index in [1.165, 1.54) is 48.6 Å². The fourth-order valence-electron chi connectivity index (χ4n) is 1.89. The zero-order valence-corrected chi connectivity index (χ0v) is 14.8. The molecule has 0 aliphatic carbocycles. The standard InChI is InChI=1S/C14H12O6S2.4H2O/c15-21(16,17)13-7-3-1-5-11(13)9-10-12-6-2-4-8-14(12)22(18,19)20;;;;/h1-10H,(H,15,16,17)(H,18,19,20);4*1H2. The summed E-state index contributed by atoms with van der Waals surface area (Å²) in [5.74, 6) is 0. The van der Waals surface area contributed by atoms with Crippen molar-refractivity contribution in [1.29, 1.82) is 0 Å². The smallest absolute Gasteiger partial charge is 0.295 e. The highest BCUT2D eigenvalue weighted by molar-refractivity contribution is 7.86. The summed E-state index contributed by atoms with van der Waals surface area (Å²) in [6.07, 6.45) is 2.68.